The number of piperidine rings is 1. The average molecular weight is 487 g/mol. The van der Waals surface area contributed by atoms with Gasteiger partial charge in [-0.25, -0.2) is 0 Å². The van der Waals surface area contributed by atoms with Gasteiger partial charge in [0, 0.05) is 46.0 Å². The van der Waals surface area contributed by atoms with E-state index in [1.807, 2.05) is 36.4 Å². The van der Waals surface area contributed by atoms with Crippen molar-refractivity contribution in [2.24, 2.45) is 0 Å². The molecular formula is C28H27ClN4O2. The molecule has 2 amide bonds. The van der Waals surface area contributed by atoms with Crippen molar-refractivity contribution in [3.8, 4) is 0 Å². The molecule has 0 aliphatic carbocycles. The lowest BCUT2D eigenvalue weighted by molar-refractivity contribution is -0.114. The van der Waals surface area contributed by atoms with E-state index in [1.165, 1.54) is 24.8 Å². The summed E-state index contributed by atoms with van der Waals surface area (Å²) in [6, 6.07) is 20.9. The van der Waals surface area contributed by atoms with Gasteiger partial charge in [0.05, 0.1) is 5.57 Å². The molecule has 0 atom stereocenters. The Labute approximate surface area is 210 Å². The van der Waals surface area contributed by atoms with Gasteiger partial charge in [0.15, 0.2) is 0 Å². The Morgan fingerprint density at radius 3 is 2.23 bits per heavy atom. The molecule has 1 saturated heterocycles. The van der Waals surface area contributed by atoms with Gasteiger partial charge in [0.1, 0.15) is 0 Å². The standard InChI is InChI=1S/C28H27ClN4O2/c29-20-6-10-22(11-7-20)31-23-12-13-24-25(16-23)26(28(35)32-27(24)34)17-30-21-8-4-19(5-9-21)18-33-14-2-1-3-15-33/h4-13,16-17,30-31H,1-3,14-15,18H2,(H,32,34,35)/b26-17-. The average Bonchev–Trinajstić information content (AvgIpc) is 2.87. The quantitative estimate of drug-likeness (QED) is 0.303. The van der Waals surface area contributed by atoms with Crippen molar-refractivity contribution in [2.75, 3.05) is 23.7 Å². The fourth-order valence-electron chi connectivity index (χ4n) is 4.48. The second-order valence-corrected chi connectivity index (χ2v) is 9.35. The Bertz CT molecular complexity index is 1260. The van der Waals surface area contributed by atoms with Crippen molar-refractivity contribution in [2.45, 2.75) is 25.8 Å². The van der Waals surface area contributed by atoms with Gasteiger partial charge in [0.25, 0.3) is 11.8 Å². The Balaban J connectivity index is 1.34. The number of amides is 2. The monoisotopic (exact) mass is 486 g/mol. The lowest BCUT2D eigenvalue weighted by Crippen LogP contribution is -2.36. The molecule has 0 spiro atoms. The van der Waals surface area contributed by atoms with Gasteiger partial charge in [-0.05, 0) is 86.1 Å². The molecule has 3 N–H and O–H groups in total. The van der Waals surface area contributed by atoms with E-state index in [0.29, 0.717) is 21.7 Å². The number of benzene rings is 3. The summed E-state index contributed by atoms with van der Waals surface area (Å²) in [5.74, 6) is -0.831. The third kappa shape index (κ3) is 5.56. The lowest BCUT2D eigenvalue weighted by Gasteiger charge is -2.26. The van der Waals surface area contributed by atoms with Crippen LogP contribution < -0.4 is 16.0 Å². The summed E-state index contributed by atoms with van der Waals surface area (Å²) < 4.78 is 0. The Hall–Kier alpha value is -3.61. The number of imide groups is 1. The predicted molar refractivity (Wildman–Crippen MR) is 141 cm³/mol. The summed E-state index contributed by atoms with van der Waals surface area (Å²) in [6.45, 7) is 3.28. The number of anilines is 3. The Kier molecular flexibility index (Phi) is 6.84. The van der Waals surface area contributed by atoms with Gasteiger partial charge in [-0.1, -0.05) is 30.2 Å². The number of carbonyl (C=O) groups is 2. The van der Waals surface area contributed by atoms with Gasteiger partial charge >= 0.3 is 0 Å². The van der Waals surface area contributed by atoms with Crippen LogP contribution in [0.25, 0.3) is 5.57 Å². The van der Waals surface area contributed by atoms with Gasteiger partial charge in [-0.3, -0.25) is 19.8 Å². The fraction of sp³-hybridized carbons (Fsp3) is 0.214. The number of hydrogen-bond donors (Lipinski definition) is 3. The van der Waals surface area contributed by atoms with Crippen molar-refractivity contribution in [3.05, 3.63) is 94.6 Å². The van der Waals surface area contributed by atoms with Gasteiger partial charge in [-0.2, -0.15) is 0 Å². The molecule has 178 valence electrons. The van der Waals surface area contributed by atoms with E-state index in [9.17, 15) is 9.59 Å². The number of hydrogen-bond acceptors (Lipinski definition) is 5. The molecule has 0 aromatic heterocycles. The number of fused-ring (bicyclic) bond motifs is 1. The van der Waals surface area contributed by atoms with E-state index in [2.05, 4.69) is 33.0 Å². The van der Waals surface area contributed by atoms with Crippen molar-refractivity contribution in [1.82, 2.24) is 10.2 Å². The molecule has 3 aromatic rings. The first-order chi connectivity index (χ1) is 17.0. The molecule has 6 nitrogen and oxygen atoms in total. The second kappa shape index (κ2) is 10.3. The highest BCUT2D eigenvalue weighted by Gasteiger charge is 2.27. The fourth-order valence-corrected chi connectivity index (χ4v) is 4.61. The number of rotatable bonds is 6. The van der Waals surface area contributed by atoms with E-state index in [1.54, 1.807) is 24.4 Å². The van der Waals surface area contributed by atoms with Crippen LogP contribution in [0.3, 0.4) is 0 Å². The lowest BCUT2D eigenvalue weighted by atomic mass is 9.94. The highest BCUT2D eigenvalue weighted by Crippen LogP contribution is 2.29. The zero-order chi connectivity index (χ0) is 24.2. The normalized spacial score (nSPS) is 17.1. The molecule has 2 heterocycles. The van der Waals surface area contributed by atoms with E-state index >= 15 is 0 Å². The Morgan fingerprint density at radius 2 is 1.49 bits per heavy atom. The molecule has 5 rings (SSSR count). The van der Waals surface area contributed by atoms with Crippen LogP contribution in [0.4, 0.5) is 17.1 Å². The first-order valence-electron chi connectivity index (χ1n) is 11.9. The summed E-state index contributed by atoms with van der Waals surface area (Å²) in [5, 5.41) is 9.59. The molecule has 0 unspecified atom stereocenters. The number of nitrogens with zero attached hydrogens (tertiary/aromatic N) is 1. The summed E-state index contributed by atoms with van der Waals surface area (Å²) in [5.41, 5.74) is 5.20. The van der Waals surface area contributed by atoms with Crippen LogP contribution in [0.2, 0.25) is 5.02 Å². The summed E-state index contributed by atoms with van der Waals surface area (Å²) >= 11 is 5.97. The largest absolute Gasteiger partial charge is 0.361 e. The maximum absolute atomic E-state index is 12.7. The maximum Gasteiger partial charge on any atom is 0.260 e. The summed E-state index contributed by atoms with van der Waals surface area (Å²) in [7, 11) is 0. The van der Waals surface area contributed by atoms with Crippen molar-refractivity contribution < 1.29 is 9.59 Å². The van der Waals surface area contributed by atoms with Crippen molar-refractivity contribution in [3.63, 3.8) is 0 Å². The Morgan fingerprint density at radius 1 is 0.800 bits per heavy atom. The van der Waals surface area contributed by atoms with E-state index in [4.69, 9.17) is 11.6 Å². The van der Waals surface area contributed by atoms with Crippen LogP contribution in [-0.4, -0.2) is 29.8 Å². The van der Waals surface area contributed by atoms with Crippen LogP contribution in [0.5, 0.6) is 0 Å². The van der Waals surface area contributed by atoms with E-state index < -0.39 is 11.8 Å². The minimum atomic E-state index is -0.430. The molecule has 3 aromatic carbocycles. The molecule has 0 saturated carbocycles. The number of nitrogens with one attached hydrogen (secondary N) is 3. The molecule has 0 radical (unpaired) electrons. The molecule has 7 heteroatoms. The third-order valence-electron chi connectivity index (χ3n) is 6.35. The predicted octanol–water partition coefficient (Wildman–Crippen LogP) is 5.79. The summed E-state index contributed by atoms with van der Waals surface area (Å²) in [6.07, 6.45) is 5.54. The third-order valence-corrected chi connectivity index (χ3v) is 6.60. The van der Waals surface area contributed by atoms with Gasteiger partial charge < -0.3 is 10.6 Å². The highest BCUT2D eigenvalue weighted by molar-refractivity contribution is 6.31. The van der Waals surface area contributed by atoms with Crippen LogP contribution in [0, 0.1) is 0 Å². The number of halogens is 1. The zero-order valence-electron chi connectivity index (χ0n) is 19.3. The molecule has 2 aliphatic rings. The van der Waals surface area contributed by atoms with Crippen molar-refractivity contribution in [1.29, 1.82) is 0 Å². The van der Waals surface area contributed by atoms with Crippen molar-refractivity contribution >= 4 is 46.1 Å². The molecule has 1 fully saturated rings. The topological polar surface area (TPSA) is 73.5 Å². The van der Waals surface area contributed by atoms with Gasteiger partial charge in [0.2, 0.25) is 0 Å². The minimum absolute atomic E-state index is 0.400. The SMILES string of the molecule is O=C1NC(=O)c2ccc(Nc3ccc(Cl)cc3)cc2/C1=C/Nc1ccc(CN2CCCCC2)cc1. The molecule has 0 bridgehead atoms. The maximum atomic E-state index is 12.7. The van der Waals surface area contributed by atoms with Crippen LogP contribution in [0.15, 0.2) is 72.9 Å². The number of carbonyl (C=O) groups excluding carboxylic acids is 2. The second-order valence-electron chi connectivity index (χ2n) is 8.91. The van der Waals surface area contributed by atoms with Crippen LogP contribution >= 0.6 is 11.6 Å². The zero-order valence-corrected chi connectivity index (χ0v) is 20.1. The summed E-state index contributed by atoms with van der Waals surface area (Å²) in [4.78, 5) is 27.6. The first-order valence-corrected chi connectivity index (χ1v) is 12.2. The van der Waals surface area contributed by atoms with Gasteiger partial charge in [-0.15, -0.1) is 0 Å². The molecule has 2 aliphatic heterocycles. The van der Waals surface area contributed by atoms with Crippen LogP contribution in [-0.2, 0) is 11.3 Å². The van der Waals surface area contributed by atoms with E-state index in [-0.39, 0.29) is 0 Å². The first kappa shape index (κ1) is 23.1. The van der Waals surface area contributed by atoms with Crippen LogP contribution in [0.1, 0.15) is 40.7 Å². The molecule has 35 heavy (non-hydrogen) atoms. The minimum Gasteiger partial charge on any atom is -0.361 e. The van der Waals surface area contributed by atoms with E-state index in [0.717, 1.165) is 36.7 Å². The smallest absolute Gasteiger partial charge is 0.260 e. The number of likely N-dealkylation sites (tertiary alicyclic amines) is 1. The highest BCUT2D eigenvalue weighted by atomic mass is 35.5. The molecular weight excluding hydrogens is 460 g/mol.